The third-order valence-electron chi connectivity index (χ3n) is 4.86. The second-order valence-electron chi connectivity index (χ2n) is 6.62. The molecule has 4 rings (SSSR count). The van der Waals surface area contributed by atoms with Crippen LogP contribution in [-0.2, 0) is 7.05 Å². The van der Waals surface area contributed by atoms with Gasteiger partial charge in [-0.15, -0.1) is 16.4 Å². The van der Waals surface area contributed by atoms with Crippen LogP contribution in [0.1, 0.15) is 22.5 Å². The number of thiophene rings is 1. The van der Waals surface area contributed by atoms with E-state index >= 15 is 0 Å². The summed E-state index contributed by atoms with van der Waals surface area (Å²) in [7, 11) is 4.00. The Morgan fingerprint density at radius 2 is 2.04 bits per heavy atom. The predicted octanol–water partition coefficient (Wildman–Crippen LogP) is 2.41. The minimum atomic E-state index is 0.0322. The molecule has 1 aliphatic heterocycles. The van der Waals surface area contributed by atoms with Crippen molar-refractivity contribution in [2.75, 3.05) is 25.0 Å². The van der Waals surface area contributed by atoms with Crippen molar-refractivity contribution in [3.8, 4) is 5.82 Å². The van der Waals surface area contributed by atoms with Gasteiger partial charge in [0.25, 0.3) is 5.91 Å². The molecular weight excluding hydrogens is 348 g/mol. The van der Waals surface area contributed by atoms with Crippen LogP contribution in [0.3, 0.4) is 0 Å². The minimum Gasteiger partial charge on any atom is -0.306 e. The molecular formula is C18H22N6OS. The van der Waals surface area contributed by atoms with Gasteiger partial charge in [-0.3, -0.25) is 14.4 Å². The summed E-state index contributed by atoms with van der Waals surface area (Å²) in [6, 6.07) is 7.77. The Labute approximate surface area is 156 Å². The van der Waals surface area contributed by atoms with Crippen LogP contribution in [0.4, 0.5) is 5.82 Å². The zero-order valence-electron chi connectivity index (χ0n) is 14.9. The highest BCUT2D eigenvalue weighted by atomic mass is 32.1. The van der Waals surface area contributed by atoms with Gasteiger partial charge in [-0.25, -0.2) is 4.68 Å². The monoisotopic (exact) mass is 370 g/mol. The number of carbonyl (C=O) groups is 1. The lowest BCUT2D eigenvalue weighted by molar-refractivity contribution is 0.0966. The van der Waals surface area contributed by atoms with Gasteiger partial charge in [0.15, 0.2) is 11.6 Å². The molecule has 0 aliphatic carbocycles. The molecule has 0 unspecified atom stereocenters. The van der Waals surface area contributed by atoms with Crippen molar-refractivity contribution in [2.24, 2.45) is 7.05 Å². The van der Waals surface area contributed by atoms with Crippen molar-refractivity contribution in [3.63, 3.8) is 0 Å². The maximum atomic E-state index is 13.2. The van der Waals surface area contributed by atoms with E-state index < -0.39 is 0 Å². The Bertz CT molecular complexity index is 875. The molecule has 1 fully saturated rings. The molecule has 136 valence electrons. The second-order valence-corrected chi connectivity index (χ2v) is 7.57. The fraction of sp³-hybridized carbons (Fsp3) is 0.389. The summed E-state index contributed by atoms with van der Waals surface area (Å²) in [6.07, 6.45) is 5.52. The number of hydrogen-bond donors (Lipinski definition) is 0. The molecule has 1 saturated heterocycles. The highest BCUT2D eigenvalue weighted by molar-refractivity contribution is 7.12. The lowest BCUT2D eigenvalue weighted by atomic mass is 10.0. The Morgan fingerprint density at radius 1 is 1.23 bits per heavy atom. The van der Waals surface area contributed by atoms with Crippen LogP contribution in [0.25, 0.3) is 5.82 Å². The molecule has 1 aliphatic rings. The zero-order valence-corrected chi connectivity index (χ0v) is 15.8. The first-order valence-corrected chi connectivity index (χ1v) is 9.61. The van der Waals surface area contributed by atoms with Gasteiger partial charge in [0.05, 0.1) is 11.1 Å². The first-order valence-electron chi connectivity index (χ1n) is 8.73. The van der Waals surface area contributed by atoms with Crippen molar-refractivity contribution >= 4 is 23.1 Å². The standard InChI is InChI=1S/C18H22N6OS/c1-21-10-6-14(7-11-21)24(18(25)15-4-3-13-26-15)16-8-12-23(20-16)17-5-9-19-22(17)2/h3-5,8-9,12-14H,6-7,10-11H2,1-2H3. The zero-order chi connectivity index (χ0) is 18.1. The van der Waals surface area contributed by atoms with Crippen LogP contribution in [0.2, 0.25) is 0 Å². The van der Waals surface area contributed by atoms with Crippen molar-refractivity contribution in [3.05, 3.63) is 46.9 Å². The number of aryl methyl sites for hydroxylation is 1. The summed E-state index contributed by atoms with van der Waals surface area (Å²) in [5.74, 6) is 1.59. The first-order chi connectivity index (χ1) is 12.6. The topological polar surface area (TPSA) is 59.2 Å². The van der Waals surface area contributed by atoms with E-state index in [0.29, 0.717) is 5.82 Å². The van der Waals surface area contributed by atoms with Crippen LogP contribution in [0.5, 0.6) is 0 Å². The molecule has 0 aromatic carbocycles. The first kappa shape index (κ1) is 17.0. The second kappa shape index (κ2) is 7.05. The van der Waals surface area contributed by atoms with Gasteiger partial charge in [0.2, 0.25) is 0 Å². The van der Waals surface area contributed by atoms with Crippen molar-refractivity contribution in [1.82, 2.24) is 24.5 Å². The number of aromatic nitrogens is 4. The Morgan fingerprint density at radius 3 is 2.69 bits per heavy atom. The lowest BCUT2D eigenvalue weighted by Gasteiger charge is -2.36. The number of carbonyl (C=O) groups excluding carboxylic acids is 1. The third-order valence-corrected chi connectivity index (χ3v) is 5.71. The van der Waals surface area contributed by atoms with Gasteiger partial charge in [0.1, 0.15) is 0 Å². The van der Waals surface area contributed by atoms with E-state index in [2.05, 4.69) is 17.0 Å². The smallest absolute Gasteiger partial charge is 0.269 e. The molecule has 0 saturated carbocycles. The fourth-order valence-corrected chi connectivity index (χ4v) is 4.05. The van der Waals surface area contributed by atoms with Crippen LogP contribution in [0.15, 0.2) is 42.0 Å². The number of anilines is 1. The van der Waals surface area contributed by atoms with E-state index in [-0.39, 0.29) is 11.9 Å². The number of amides is 1. The number of likely N-dealkylation sites (tertiary alicyclic amines) is 1. The largest absolute Gasteiger partial charge is 0.306 e. The SMILES string of the molecule is CN1CCC(N(C(=O)c2cccs2)c2ccn(-c3ccnn3C)n2)CC1. The fourth-order valence-electron chi connectivity index (χ4n) is 3.39. The van der Waals surface area contributed by atoms with Crippen LogP contribution in [-0.4, -0.2) is 56.5 Å². The van der Waals surface area contributed by atoms with E-state index in [1.54, 1.807) is 15.6 Å². The molecule has 0 spiro atoms. The molecule has 4 heterocycles. The summed E-state index contributed by atoms with van der Waals surface area (Å²) in [5, 5.41) is 10.8. The summed E-state index contributed by atoms with van der Waals surface area (Å²) in [4.78, 5) is 18.1. The van der Waals surface area contributed by atoms with Gasteiger partial charge in [0, 0.05) is 31.4 Å². The van der Waals surface area contributed by atoms with E-state index in [1.165, 1.54) is 11.3 Å². The number of piperidine rings is 1. The van der Waals surface area contributed by atoms with Gasteiger partial charge in [-0.2, -0.15) is 5.10 Å². The number of rotatable bonds is 4. The van der Waals surface area contributed by atoms with Crippen molar-refractivity contribution < 1.29 is 4.79 Å². The Kier molecular flexibility index (Phi) is 4.60. The van der Waals surface area contributed by atoms with Gasteiger partial charge in [-0.05, 0) is 44.4 Å². The minimum absolute atomic E-state index is 0.0322. The molecule has 0 bridgehead atoms. The van der Waals surface area contributed by atoms with Crippen LogP contribution < -0.4 is 4.90 Å². The summed E-state index contributed by atoms with van der Waals surface area (Å²) < 4.78 is 3.53. The van der Waals surface area contributed by atoms with E-state index in [9.17, 15) is 4.79 Å². The van der Waals surface area contributed by atoms with E-state index in [4.69, 9.17) is 5.10 Å². The Balaban J connectivity index is 1.68. The number of nitrogens with zero attached hydrogens (tertiary/aromatic N) is 6. The highest BCUT2D eigenvalue weighted by Crippen LogP contribution is 2.26. The number of hydrogen-bond acceptors (Lipinski definition) is 5. The third kappa shape index (κ3) is 3.17. The molecule has 8 heteroatoms. The maximum absolute atomic E-state index is 13.2. The quantitative estimate of drug-likeness (QED) is 0.708. The van der Waals surface area contributed by atoms with E-state index in [1.807, 2.05) is 47.8 Å². The van der Waals surface area contributed by atoms with Crippen LogP contribution in [0, 0.1) is 0 Å². The molecule has 7 nitrogen and oxygen atoms in total. The average molecular weight is 370 g/mol. The summed E-state index contributed by atoms with van der Waals surface area (Å²) in [6.45, 7) is 1.97. The molecule has 1 amide bonds. The average Bonchev–Trinajstić information content (AvgIpc) is 3.38. The molecule has 0 radical (unpaired) electrons. The maximum Gasteiger partial charge on any atom is 0.269 e. The molecule has 0 N–H and O–H groups in total. The van der Waals surface area contributed by atoms with Crippen LogP contribution >= 0.6 is 11.3 Å². The van der Waals surface area contributed by atoms with Gasteiger partial charge < -0.3 is 4.90 Å². The van der Waals surface area contributed by atoms with E-state index in [0.717, 1.165) is 36.6 Å². The lowest BCUT2D eigenvalue weighted by Crippen LogP contribution is -2.47. The summed E-state index contributed by atoms with van der Waals surface area (Å²) >= 11 is 1.48. The van der Waals surface area contributed by atoms with Crippen molar-refractivity contribution in [1.29, 1.82) is 0 Å². The van der Waals surface area contributed by atoms with Gasteiger partial charge in [-0.1, -0.05) is 6.07 Å². The normalized spacial score (nSPS) is 16.1. The molecule has 0 atom stereocenters. The molecule has 3 aromatic rings. The van der Waals surface area contributed by atoms with Gasteiger partial charge >= 0.3 is 0 Å². The Hall–Kier alpha value is -2.45. The predicted molar refractivity (Wildman–Crippen MR) is 102 cm³/mol. The highest BCUT2D eigenvalue weighted by Gasteiger charge is 2.31. The summed E-state index contributed by atoms with van der Waals surface area (Å²) in [5.41, 5.74) is 0. The molecule has 3 aromatic heterocycles. The molecule has 26 heavy (non-hydrogen) atoms. The van der Waals surface area contributed by atoms with Crippen molar-refractivity contribution in [2.45, 2.75) is 18.9 Å².